The van der Waals surface area contributed by atoms with Crippen LogP contribution in [-0.4, -0.2) is 24.5 Å². The van der Waals surface area contributed by atoms with Gasteiger partial charge in [0.1, 0.15) is 11.6 Å². The summed E-state index contributed by atoms with van der Waals surface area (Å²) in [5, 5.41) is 2.76. The lowest BCUT2D eigenvalue weighted by Crippen LogP contribution is -2.37. The zero-order valence-corrected chi connectivity index (χ0v) is 11.4. The lowest BCUT2D eigenvalue weighted by Gasteiger charge is -2.18. The Hall–Kier alpha value is -1.65. The second-order valence-corrected chi connectivity index (χ2v) is 4.53. The summed E-state index contributed by atoms with van der Waals surface area (Å²) in [7, 11) is 1.58. The van der Waals surface area contributed by atoms with Gasteiger partial charge in [-0.2, -0.15) is 0 Å². The number of hydrogen-bond donors (Lipinski definition) is 1. The molecule has 0 aromatic heterocycles. The Morgan fingerprint density at radius 3 is 2.68 bits per heavy atom. The van der Waals surface area contributed by atoms with Crippen LogP contribution in [0.3, 0.4) is 0 Å². The van der Waals surface area contributed by atoms with Gasteiger partial charge < -0.3 is 10.2 Å². The summed E-state index contributed by atoms with van der Waals surface area (Å²) in [5.41, 5.74) is 0.299. The molecular formula is C14H20F2N2O. The fourth-order valence-corrected chi connectivity index (χ4v) is 1.68. The molecule has 5 heteroatoms. The SMILES string of the molecule is CCCCCNC(=O)N(C)Cc1ccc(F)cc1F. The Morgan fingerprint density at radius 2 is 2.05 bits per heavy atom. The van der Waals surface area contributed by atoms with Crippen molar-refractivity contribution in [2.45, 2.75) is 32.7 Å². The van der Waals surface area contributed by atoms with Gasteiger partial charge in [-0.25, -0.2) is 13.6 Å². The number of nitrogens with one attached hydrogen (secondary N) is 1. The Labute approximate surface area is 112 Å². The van der Waals surface area contributed by atoms with E-state index in [9.17, 15) is 13.6 Å². The molecule has 0 aliphatic heterocycles. The Bertz CT molecular complexity index is 424. The van der Waals surface area contributed by atoms with Crippen molar-refractivity contribution in [1.82, 2.24) is 10.2 Å². The molecule has 0 atom stereocenters. The minimum absolute atomic E-state index is 0.117. The lowest BCUT2D eigenvalue weighted by atomic mass is 10.2. The standard InChI is InChI=1S/C14H20F2N2O/c1-3-4-5-8-17-14(19)18(2)10-11-6-7-12(15)9-13(11)16/h6-7,9H,3-5,8,10H2,1-2H3,(H,17,19). The first-order chi connectivity index (χ1) is 9.04. The van der Waals surface area contributed by atoms with Crippen LogP contribution in [0.15, 0.2) is 18.2 Å². The van der Waals surface area contributed by atoms with E-state index < -0.39 is 11.6 Å². The van der Waals surface area contributed by atoms with Crippen LogP contribution >= 0.6 is 0 Å². The molecule has 0 heterocycles. The number of urea groups is 1. The molecule has 0 unspecified atom stereocenters. The fraction of sp³-hybridized carbons (Fsp3) is 0.500. The summed E-state index contributed by atoms with van der Waals surface area (Å²) in [6.07, 6.45) is 3.09. The average Bonchev–Trinajstić information content (AvgIpc) is 2.37. The normalized spacial score (nSPS) is 10.3. The predicted octanol–water partition coefficient (Wildman–Crippen LogP) is 3.30. The van der Waals surface area contributed by atoms with Crippen molar-refractivity contribution < 1.29 is 13.6 Å². The van der Waals surface area contributed by atoms with E-state index in [-0.39, 0.29) is 12.6 Å². The molecule has 3 nitrogen and oxygen atoms in total. The van der Waals surface area contributed by atoms with Crippen molar-refractivity contribution >= 4 is 6.03 Å². The number of rotatable bonds is 6. The Balaban J connectivity index is 2.45. The van der Waals surface area contributed by atoms with Gasteiger partial charge in [0.25, 0.3) is 0 Å². The van der Waals surface area contributed by atoms with Crippen LogP contribution in [0, 0.1) is 11.6 Å². The van der Waals surface area contributed by atoms with E-state index in [1.807, 2.05) is 0 Å². The molecule has 0 saturated heterocycles. The second kappa shape index (κ2) is 7.71. The zero-order valence-electron chi connectivity index (χ0n) is 11.4. The number of carbonyl (C=O) groups is 1. The number of halogens is 2. The summed E-state index contributed by atoms with van der Waals surface area (Å²) in [6.45, 7) is 2.82. The van der Waals surface area contributed by atoms with Crippen molar-refractivity contribution in [3.63, 3.8) is 0 Å². The van der Waals surface area contributed by atoms with E-state index in [0.29, 0.717) is 12.1 Å². The summed E-state index contributed by atoms with van der Waals surface area (Å²) < 4.78 is 26.2. The quantitative estimate of drug-likeness (QED) is 0.790. The molecule has 0 aliphatic rings. The molecule has 0 fully saturated rings. The molecule has 1 N–H and O–H groups in total. The van der Waals surface area contributed by atoms with Gasteiger partial charge in [0.05, 0.1) is 0 Å². The summed E-state index contributed by atoms with van der Waals surface area (Å²) >= 11 is 0. The van der Waals surface area contributed by atoms with Gasteiger partial charge in [-0.15, -0.1) is 0 Å². The molecule has 106 valence electrons. The van der Waals surface area contributed by atoms with Gasteiger partial charge in [-0.3, -0.25) is 0 Å². The van der Waals surface area contributed by atoms with E-state index in [2.05, 4.69) is 12.2 Å². The molecule has 0 aliphatic carbocycles. The van der Waals surface area contributed by atoms with Crippen molar-refractivity contribution in [2.24, 2.45) is 0 Å². The topological polar surface area (TPSA) is 32.3 Å². The van der Waals surface area contributed by atoms with Crippen molar-refractivity contribution in [3.05, 3.63) is 35.4 Å². The molecule has 19 heavy (non-hydrogen) atoms. The Morgan fingerprint density at radius 1 is 1.32 bits per heavy atom. The van der Waals surface area contributed by atoms with E-state index in [1.165, 1.54) is 17.0 Å². The van der Waals surface area contributed by atoms with Gasteiger partial charge in [-0.05, 0) is 12.5 Å². The number of benzene rings is 1. The Kier molecular flexibility index (Phi) is 6.25. The fourth-order valence-electron chi connectivity index (χ4n) is 1.68. The largest absolute Gasteiger partial charge is 0.338 e. The van der Waals surface area contributed by atoms with E-state index in [0.717, 1.165) is 25.3 Å². The number of nitrogens with zero attached hydrogens (tertiary/aromatic N) is 1. The van der Waals surface area contributed by atoms with Gasteiger partial charge >= 0.3 is 6.03 Å². The first-order valence-electron chi connectivity index (χ1n) is 6.47. The third-order valence-corrected chi connectivity index (χ3v) is 2.83. The highest BCUT2D eigenvalue weighted by molar-refractivity contribution is 5.73. The smallest absolute Gasteiger partial charge is 0.317 e. The predicted molar refractivity (Wildman–Crippen MR) is 70.7 cm³/mol. The monoisotopic (exact) mass is 270 g/mol. The summed E-state index contributed by atoms with van der Waals surface area (Å²) in [5.74, 6) is -1.25. The minimum Gasteiger partial charge on any atom is -0.338 e. The van der Waals surface area contributed by atoms with E-state index >= 15 is 0 Å². The molecular weight excluding hydrogens is 250 g/mol. The van der Waals surface area contributed by atoms with Crippen LogP contribution in [0.1, 0.15) is 31.7 Å². The molecule has 2 amide bonds. The third-order valence-electron chi connectivity index (χ3n) is 2.83. The van der Waals surface area contributed by atoms with Gasteiger partial charge in [0.2, 0.25) is 0 Å². The number of unbranched alkanes of at least 4 members (excludes halogenated alkanes) is 2. The number of amides is 2. The molecule has 1 aromatic carbocycles. The van der Waals surface area contributed by atoms with Gasteiger partial charge in [0, 0.05) is 31.8 Å². The lowest BCUT2D eigenvalue weighted by molar-refractivity contribution is 0.206. The van der Waals surface area contributed by atoms with Gasteiger partial charge in [0.15, 0.2) is 0 Å². The van der Waals surface area contributed by atoms with Crippen LogP contribution in [0.5, 0.6) is 0 Å². The van der Waals surface area contributed by atoms with Crippen LogP contribution in [0.4, 0.5) is 13.6 Å². The second-order valence-electron chi connectivity index (χ2n) is 4.53. The van der Waals surface area contributed by atoms with Crippen molar-refractivity contribution in [1.29, 1.82) is 0 Å². The molecule has 0 radical (unpaired) electrons. The third kappa shape index (κ3) is 5.24. The first kappa shape index (κ1) is 15.4. The highest BCUT2D eigenvalue weighted by atomic mass is 19.1. The highest BCUT2D eigenvalue weighted by Crippen LogP contribution is 2.11. The van der Waals surface area contributed by atoms with Gasteiger partial charge in [-0.1, -0.05) is 25.8 Å². The molecule has 0 bridgehead atoms. The zero-order chi connectivity index (χ0) is 14.3. The van der Waals surface area contributed by atoms with Crippen LogP contribution in [0.2, 0.25) is 0 Å². The van der Waals surface area contributed by atoms with Crippen molar-refractivity contribution in [3.8, 4) is 0 Å². The van der Waals surface area contributed by atoms with E-state index in [4.69, 9.17) is 0 Å². The summed E-state index contributed by atoms with van der Waals surface area (Å²) in [6, 6.07) is 3.11. The first-order valence-corrected chi connectivity index (χ1v) is 6.47. The summed E-state index contributed by atoms with van der Waals surface area (Å²) in [4.78, 5) is 13.1. The maximum Gasteiger partial charge on any atom is 0.317 e. The van der Waals surface area contributed by atoms with Crippen LogP contribution < -0.4 is 5.32 Å². The average molecular weight is 270 g/mol. The van der Waals surface area contributed by atoms with E-state index in [1.54, 1.807) is 7.05 Å². The van der Waals surface area contributed by atoms with Crippen molar-refractivity contribution in [2.75, 3.05) is 13.6 Å². The number of carbonyl (C=O) groups excluding carboxylic acids is 1. The maximum absolute atomic E-state index is 13.4. The number of hydrogen-bond acceptors (Lipinski definition) is 1. The maximum atomic E-state index is 13.4. The molecule has 0 saturated carbocycles. The molecule has 0 spiro atoms. The minimum atomic E-state index is -0.634. The molecule has 1 aromatic rings. The highest BCUT2D eigenvalue weighted by Gasteiger charge is 2.11. The van der Waals surface area contributed by atoms with Crippen LogP contribution in [0.25, 0.3) is 0 Å². The van der Waals surface area contributed by atoms with Crippen LogP contribution in [-0.2, 0) is 6.54 Å². The molecule has 1 rings (SSSR count).